The van der Waals surface area contributed by atoms with E-state index >= 15 is 0 Å². The van der Waals surface area contributed by atoms with Crippen LogP contribution in [0.5, 0.6) is 5.75 Å². The molecular weight excluding hydrogens is 348 g/mol. The van der Waals surface area contributed by atoms with E-state index in [1.807, 2.05) is 24.3 Å². The van der Waals surface area contributed by atoms with Gasteiger partial charge in [0.1, 0.15) is 12.4 Å². The van der Waals surface area contributed by atoms with Gasteiger partial charge in [-0.2, -0.15) is 0 Å². The van der Waals surface area contributed by atoms with Crippen LogP contribution in [-0.2, 0) is 24.1 Å². The molecule has 0 spiro atoms. The Kier molecular flexibility index (Phi) is 4.81. The van der Waals surface area contributed by atoms with Crippen LogP contribution >= 0.6 is 0 Å². The second-order valence-electron chi connectivity index (χ2n) is 8.41. The number of carbonyl (C=O) groups is 1. The molecule has 0 aromatic heterocycles. The first kappa shape index (κ1) is 17.7. The van der Waals surface area contributed by atoms with Crippen LogP contribution in [-0.4, -0.2) is 36.5 Å². The summed E-state index contributed by atoms with van der Waals surface area (Å²) < 4.78 is 5.79. The number of carbonyl (C=O) groups excluding carboxylic acids is 1. The third-order valence-electron chi connectivity index (χ3n) is 6.65. The Bertz CT molecular complexity index is 875. The number of fused-ring (bicyclic) bond motifs is 2. The van der Waals surface area contributed by atoms with Gasteiger partial charge < -0.3 is 10.1 Å². The molecule has 0 bridgehead atoms. The topological polar surface area (TPSA) is 41.6 Å². The molecule has 5 rings (SSSR count). The number of rotatable bonds is 3. The van der Waals surface area contributed by atoms with Crippen LogP contribution in [0.4, 0.5) is 5.69 Å². The largest absolute Gasteiger partial charge is 0.492 e. The van der Waals surface area contributed by atoms with Crippen LogP contribution in [0, 0.1) is 5.92 Å². The zero-order chi connectivity index (χ0) is 18.9. The van der Waals surface area contributed by atoms with E-state index in [0.29, 0.717) is 6.61 Å². The Balaban J connectivity index is 1.24. The van der Waals surface area contributed by atoms with Gasteiger partial charge in [0.05, 0.1) is 5.92 Å². The molecule has 1 atom stereocenters. The van der Waals surface area contributed by atoms with E-state index in [0.717, 1.165) is 48.8 Å². The Morgan fingerprint density at radius 3 is 2.64 bits per heavy atom. The molecule has 2 heterocycles. The molecule has 0 radical (unpaired) electrons. The minimum absolute atomic E-state index is 0.0548. The average molecular weight is 377 g/mol. The molecule has 1 saturated carbocycles. The first-order valence-corrected chi connectivity index (χ1v) is 10.6. The van der Waals surface area contributed by atoms with Crippen molar-refractivity contribution in [2.75, 3.05) is 25.0 Å². The van der Waals surface area contributed by atoms with Crippen LogP contribution in [0.1, 0.15) is 36.0 Å². The van der Waals surface area contributed by atoms with Crippen LogP contribution in [0.25, 0.3) is 0 Å². The predicted molar refractivity (Wildman–Crippen MR) is 111 cm³/mol. The molecule has 1 aliphatic carbocycles. The van der Waals surface area contributed by atoms with Gasteiger partial charge in [-0.05, 0) is 67.0 Å². The maximum absolute atomic E-state index is 12.8. The molecule has 1 unspecified atom stereocenters. The average Bonchev–Trinajstić information content (AvgIpc) is 2.89. The minimum Gasteiger partial charge on any atom is -0.492 e. The molecular formula is C24H28N2O2. The highest BCUT2D eigenvalue weighted by Crippen LogP contribution is 2.29. The third kappa shape index (κ3) is 3.53. The van der Waals surface area contributed by atoms with Crippen molar-refractivity contribution in [1.82, 2.24) is 4.90 Å². The smallest absolute Gasteiger partial charge is 0.231 e. The number of nitrogens with one attached hydrogen (secondary N) is 1. The summed E-state index contributed by atoms with van der Waals surface area (Å²) >= 11 is 0. The van der Waals surface area contributed by atoms with Crippen molar-refractivity contribution in [3.05, 3.63) is 59.2 Å². The van der Waals surface area contributed by atoms with E-state index in [1.165, 1.54) is 36.9 Å². The number of anilines is 1. The Morgan fingerprint density at radius 2 is 1.82 bits per heavy atom. The maximum atomic E-state index is 12.8. The van der Waals surface area contributed by atoms with Gasteiger partial charge in [0.2, 0.25) is 5.91 Å². The lowest BCUT2D eigenvalue weighted by molar-refractivity contribution is -0.121. The summed E-state index contributed by atoms with van der Waals surface area (Å²) in [6.07, 6.45) is 7.06. The highest BCUT2D eigenvalue weighted by molar-refractivity contribution is 5.93. The van der Waals surface area contributed by atoms with E-state index in [1.54, 1.807) is 0 Å². The summed E-state index contributed by atoms with van der Waals surface area (Å²) in [6, 6.07) is 15.3. The van der Waals surface area contributed by atoms with Crippen molar-refractivity contribution in [1.29, 1.82) is 0 Å². The number of hydrogen-bond donors (Lipinski definition) is 1. The third-order valence-corrected chi connectivity index (χ3v) is 6.65. The number of amides is 1. The van der Waals surface area contributed by atoms with Crippen molar-refractivity contribution >= 4 is 11.6 Å². The molecule has 0 saturated heterocycles. The summed E-state index contributed by atoms with van der Waals surface area (Å²) in [5.41, 5.74) is 4.87. The van der Waals surface area contributed by atoms with Gasteiger partial charge in [0, 0.05) is 24.8 Å². The molecule has 28 heavy (non-hydrogen) atoms. The normalized spacial score (nSPS) is 22.2. The van der Waals surface area contributed by atoms with E-state index in [-0.39, 0.29) is 11.8 Å². The number of benzene rings is 2. The van der Waals surface area contributed by atoms with Gasteiger partial charge in [0.25, 0.3) is 0 Å². The summed E-state index contributed by atoms with van der Waals surface area (Å²) in [7, 11) is 0. The van der Waals surface area contributed by atoms with Crippen molar-refractivity contribution in [2.45, 2.75) is 44.6 Å². The first-order valence-electron chi connectivity index (χ1n) is 10.6. The van der Waals surface area contributed by atoms with E-state index in [9.17, 15) is 4.79 Å². The van der Waals surface area contributed by atoms with Crippen LogP contribution < -0.4 is 10.1 Å². The fourth-order valence-electron chi connectivity index (χ4n) is 4.68. The van der Waals surface area contributed by atoms with Gasteiger partial charge in [-0.25, -0.2) is 0 Å². The maximum Gasteiger partial charge on any atom is 0.231 e. The van der Waals surface area contributed by atoms with Crippen LogP contribution in [0.15, 0.2) is 42.5 Å². The highest BCUT2D eigenvalue weighted by Gasteiger charge is 2.27. The summed E-state index contributed by atoms with van der Waals surface area (Å²) in [4.78, 5) is 15.5. The van der Waals surface area contributed by atoms with Crippen molar-refractivity contribution in [3.8, 4) is 5.75 Å². The zero-order valence-corrected chi connectivity index (χ0v) is 16.3. The van der Waals surface area contributed by atoms with Crippen molar-refractivity contribution < 1.29 is 9.53 Å². The monoisotopic (exact) mass is 376 g/mol. The van der Waals surface area contributed by atoms with E-state index in [4.69, 9.17) is 4.74 Å². The first-order chi connectivity index (χ1) is 13.8. The summed E-state index contributed by atoms with van der Waals surface area (Å²) in [6.45, 7) is 2.76. The van der Waals surface area contributed by atoms with Gasteiger partial charge in [-0.3, -0.25) is 9.69 Å². The molecule has 2 aromatic rings. The lowest BCUT2D eigenvalue weighted by atomic mass is 9.91. The number of ether oxygens (including phenoxy) is 1. The summed E-state index contributed by atoms with van der Waals surface area (Å²) in [5.74, 6) is 0.828. The van der Waals surface area contributed by atoms with Gasteiger partial charge in [-0.15, -0.1) is 0 Å². The Labute approximate surface area is 166 Å². The molecule has 4 heteroatoms. The molecule has 2 aliphatic heterocycles. The SMILES string of the molecule is O=C(Nc1ccc2c(c1)CCN(C1CCC1)CC2)C1COc2ccccc2C1. The van der Waals surface area contributed by atoms with Crippen LogP contribution in [0.3, 0.4) is 0 Å². The number of para-hydroxylation sites is 1. The molecule has 146 valence electrons. The molecule has 2 aromatic carbocycles. The summed E-state index contributed by atoms with van der Waals surface area (Å²) in [5, 5.41) is 3.14. The fourth-order valence-corrected chi connectivity index (χ4v) is 4.68. The van der Waals surface area contributed by atoms with Gasteiger partial charge in [-0.1, -0.05) is 30.7 Å². The highest BCUT2D eigenvalue weighted by atomic mass is 16.5. The molecule has 1 N–H and O–H groups in total. The Hall–Kier alpha value is -2.33. The molecule has 1 fully saturated rings. The standard InChI is InChI=1S/C24H28N2O2/c27-24(20-14-19-4-1-2-7-23(19)28-16-20)25-21-9-8-17-10-12-26(22-5-3-6-22)13-11-18(17)15-21/h1-2,4,7-9,15,20,22H,3,5-6,10-14,16H2,(H,25,27). The minimum atomic E-state index is -0.136. The zero-order valence-electron chi connectivity index (χ0n) is 16.3. The van der Waals surface area contributed by atoms with Gasteiger partial charge >= 0.3 is 0 Å². The second-order valence-corrected chi connectivity index (χ2v) is 8.41. The number of hydrogen-bond acceptors (Lipinski definition) is 3. The van der Waals surface area contributed by atoms with Crippen molar-refractivity contribution in [2.24, 2.45) is 5.92 Å². The van der Waals surface area contributed by atoms with Crippen LogP contribution in [0.2, 0.25) is 0 Å². The molecule has 3 aliphatic rings. The lowest BCUT2D eigenvalue weighted by Gasteiger charge is -2.36. The molecule has 1 amide bonds. The molecule has 4 nitrogen and oxygen atoms in total. The Morgan fingerprint density at radius 1 is 1.00 bits per heavy atom. The van der Waals surface area contributed by atoms with Gasteiger partial charge in [0.15, 0.2) is 0 Å². The quantitative estimate of drug-likeness (QED) is 0.885. The number of nitrogens with zero attached hydrogens (tertiary/aromatic N) is 1. The van der Waals surface area contributed by atoms with E-state index < -0.39 is 0 Å². The predicted octanol–water partition coefficient (Wildman–Crippen LogP) is 3.83. The second kappa shape index (κ2) is 7.59. The lowest BCUT2D eigenvalue weighted by Crippen LogP contribution is -2.41. The fraction of sp³-hybridized carbons (Fsp3) is 0.458. The van der Waals surface area contributed by atoms with E-state index in [2.05, 4.69) is 28.4 Å². The van der Waals surface area contributed by atoms with Crippen molar-refractivity contribution in [3.63, 3.8) is 0 Å².